The van der Waals surface area contributed by atoms with E-state index >= 15 is 0 Å². The van der Waals surface area contributed by atoms with Crippen LogP contribution in [0.1, 0.15) is 32.3 Å². The van der Waals surface area contributed by atoms with Crippen LogP contribution < -0.4 is 10.6 Å². The van der Waals surface area contributed by atoms with Gasteiger partial charge in [0.2, 0.25) is 0 Å². The molecule has 0 aliphatic carbocycles. The summed E-state index contributed by atoms with van der Waals surface area (Å²) in [5.41, 5.74) is 8.50. The number of guanidine groups is 1. The van der Waals surface area contributed by atoms with Crippen LogP contribution in [0.5, 0.6) is 0 Å². The minimum Gasteiger partial charge on any atom is -0.370 e. The van der Waals surface area contributed by atoms with Gasteiger partial charge in [-0.3, -0.25) is 4.99 Å². The highest BCUT2D eigenvalue weighted by molar-refractivity contribution is 5.97. The summed E-state index contributed by atoms with van der Waals surface area (Å²) in [7, 11) is 0. The van der Waals surface area contributed by atoms with Gasteiger partial charge in [0.1, 0.15) is 0 Å². The number of anilines is 1. The van der Waals surface area contributed by atoms with Crippen LogP contribution in [0, 0.1) is 12.8 Å². The number of aliphatic imine (C=N–C) groups is 1. The molecule has 3 nitrogen and oxygen atoms in total. The number of hydrogen-bond donors (Lipinski definition) is 1. The second-order valence-electron chi connectivity index (χ2n) is 5.05. The summed E-state index contributed by atoms with van der Waals surface area (Å²) in [5.74, 6) is 1.31. The lowest BCUT2D eigenvalue weighted by molar-refractivity contribution is 0.412. The van der Waals surface area contributed by atoms with Gasteiger partial charge in [0.25, 0.3) is 0 Å². The van der Waals surface area contributed by atoms with Crippen LogP contribution in [0.2, 0.25) is 0 Å². The number of nitrogens with two attached hydrogens (primary N) is 1. The third-order valence-corrected chi connectivity index (χ3v) is 3.92. The second kappa shape index (κ2) is 5.42. The zero-order valence-electron chi connectivity index (χ0n) is 11.6. The monoisotopic (exact) mass is 245 g/mol. The van der Waals surface area contributed by atoms with Crippen LogP contribution in [-0.2, 0) is 0 Å². The van der Waals surface area contributed by atoms with E-state index in [4.69, 9.17) is 5.73 Å². The fourth-order valence-corrected chi connectivity index (χ4v) is 2.74. The summed E-state index contributed by atoms with van der Waals surface area (Å²) < 4.78 is 0. The minimum absolute atomic E-state index is 0.419. The van der Waals surface area contributed by atoms with Crippen LogP contribution >= 0.6 is 0 Å². The molecule has 0 amide bonds. The lowest BCUT2D eigenvalue weighted by Crippen LogP contribution is -2.44. The van der Waals surface area contributed by atoms with Crippen molar-refractivity contribution in [2.24, 2.45) is 16.6 Å². The molecule has 1 aliphatic heterocycles. The van der Waals surface area contributed by atoms with Crippen LogP contribution in [0.3, 0.4) is 0 Å². The van der Waals surface area contributed by atoms with Crippen molar-refractivity contribution in [1.29, 1.82) is 0 Å². The van der Waals surface area contributed by atoms with Crippen LogP contribution in [0.25, 0.3) is 0 Å². The molecule has 98 valence electrons. The molecule has 0 aromatic heterocycles. The number of hydrogen-bond acceptors (Lipinski definition) is 3. The highest BCUT2D eigenvalue weighted by atomic mass is 15.3. The standard InChI is InChI=1S/C15H23N3/c1-4-12(5-2)14-10-17-15(16)18(14)13-8-6-11(3)7-9-13/h6-9,12,14H,4-5,10H2,1-3H3,(H2,16,17). The molecule has 0 fully saturated rings. The van der Waals surface area contributed by atoms with Crippen molar-refractivity contribution in [1.82, 2.24) is 0 Å². The Morgan fingerprint density at radius 3 is 2.44 bits per heavy atom. The van der Waals surface area contributed by atoms with Gasteiger partial charge in [-0.2, -0.15) is 0 Å². The summed E-state index contributed by atoms with van der Waals surface area (Å²) in [6.45, 7) is 7.42. The largest absolute Gasteiger partial charge is 0.370 e. The molecular formula is C15H23N3. The van der Waals surface area contributed by atoms with Crippen molar-refractivity contribution in [2.45, 2.75) is 39.7 Å². The Balaban J connectivity index is 2.27. The summed E-state index contributed by atoms with van der Waals surface area (Å²) in [4.78, 5) is 6.64. The Hall–Kier alpha value is -1.51. The van der Waals surface area contributed by atoms with Gasteiger partial charge in [-0.1, -0.05) is 44.4 Å². The molecule has 2 rings (SSSR count). The summed E-state index contributed by atoms with van der Waals surface area (Å²) in [5, 5.41) is 0. The SMILES string of the molecule is CCC(CC)C1CN=C(N)N1c1ccc(C)cc1. The van der Waals surface area contributed by atoms with Crippen molar-refractivity contribution in [3.63, 3.8) is 0 Å². The Bertz CT molecular complexity index is 418. The topological polar surface area (TPSA) is 41.6 Å². The maximum Gasteiger partial charge on any atom is 0.196 e. The highest BCUT2D eigenvalue weighted by Gasteiger charge is 2.32. The van der Waals surface area contributed by atoms with Gasteiger partial charge in [-0.15, -0.1) is 0 Å². The smallest absolute Gasteiger partial charge is 0.196 e. The number of aryl methyl sites for hydroxylation is 1. The average molecular weight is 245 g/mol. The van der Waals surface area contributed by atoms with Crippen molar-refractivity contribution < 1.29 is 0 Å². The van der Waals surface area contributed by atoms with E-state index in [0.717, 1.165) is 12.2 Å². The number of rotatable bonds is 4. The zero-order valence-corrected chi connectivity index (χ0v) is 11.6. The van der Waals surface area contributed by atoms with Crippen LogP contribution in [0.4, 0.5) is 5.69 Å². The minimum atomic E-state index is 0.419. The first-order valence-electron chi connectivity index (χ1n) is 6.83. The molecule has 0 saturated carbocycles. The Labute approximate surface area is 110 Å². The maximum atomic E-state index is 6.06. The highest BCUT2D eigenvalue weighted by Crippen LogP contribution is 2.28. The molecule has 0 bridgehead atoms. The van der Waals surface area contributed by atoms with E-state index in [9.17, 15) is 0 Å². The van der Waals surface area contributed by atoms with E-state index in [1.54, 1.807) is 0 Å². The molecule has 0 saturated heterocycles. The first-order valence-corrected chi connectivity index (χ1v) is 6.83. The van der Waals surface area contributed by atoms with Gasteiger partial charge in [0.05, 0.1) is 12.6 Å². The van der Waals surface area contributed by atoms with E-state index in [-0.39, 0.29) is 0 Å². The third-order valence-electron chi connectivity index (χ3n) is 3.92. The molecule has 3 heteroatoms. The van der Waals surface area contributed by atoms with E-state index in [2.05, 4.69) is 54.9 Å². The lowest BCUT2D eigenvalue weighted by atomic mass is 9.93. The summed E-state index contributed by atoms with van der Waals surface area (Å²) >= 11 is 0. The van der Waals surface area contributed by atoms with Crippen molar-refractivity contribution >= 4 is 11.6 Å². The van der Waals surface area contributed by atoms with E-state index in [0.29, 0.717) is 17.9 Å². The molecule has 1 aromatic rings. The van der Waals surface area contributed by atoms with Gasteiger partial charge in [-0.25, -0.2) is 0 Å². The number of nitrogens with zero attached hydrogens (tertiary/aromatic N) is 2. The van der Waals surface area contributed by atoms with E-state index in [1.807, 2.05) is 0 Å². The van der Waals surface area contributed by atoms with Crippen molar-refractivity contribution in [3.8, 4) is 0 Å². The molecule has 1 heterocycles. The molecule has 1 aromatic carbocycles. The Morgan fingerprint density at radius 1 is 1.28 bits per heavy atom. The Morgan fingerprint density at radius 2 is 1.89 bits per heavy atom. The van der Waals surface area contributed by atoms with Gasteiger partial charge in [0.15, 0.2) is 5.96 Å². The Kier molecular flexibility index (Phi) is 3.90. The van der Waals surface area contributed by atoms with Crippen LogP contribution in [0.15, 0.2) is 29.3 Å². The molecule has 0 spiro atoms. The molecule has 18 heavy (non-hydrogen) atoms. The molecule has 1 atom stereocenters. The molecular weight excluding hydrogens is 222 g/mol. The molecule has 1 aliphatic rings. The van der Waals surface area contributed by atoms with Crippen molar-refractivity contribution in [3.05, 3.63) is 29.8 Å². The van der Waals surface area contributed by atoms with E-state index < -0.39 is 0 Å². The first kappa shape index (κ1) is 12.9. The number of benzene rings is 1. The van der Waals surface area contributed by atoms with E-state index in [1.165, 1.54) is 18.4 Å². The maximum absolute atomic E-state index is 6.06. The molecule has 2 N–H and O–H groups in total. The zero-order chi connectivity index (χ0) is 13.1. The summed E-state index contributed by atoms with van der Waals surface area (Å²) in [6.07, 6.45) is 2.35. The van der Waals surface area contributed by atoms with Gasteiger partial charge in [0, 0.05) is 5.69 Å². The predicted molar refractivity (Wildman–Crippen MR) is 78.0 cm³/mol. The van der Waals surface area contributed by atoms with Gasteiger partial charge in [-0.05, 0) is 25.0 Å². The van der Waals surface area contributed by atoms with Crippen LogP contribution in [-0.4, -0.2) is 18.5 Å². The van der Waals surface area contributed by atoms with Gasteiger partial charge < -0.3 is 10.6 Å². The molecule has 0 radical (unpaired) electrons. The normalized spacial score (nSPS) is 19.4. The quantitative estimate of drug-likeness (QED) is 0.886. The fraction of sp³-hybridized carbons (Fsp3) is 0.533. The second-order valence-corrected chi connectivity index (χ2v) is 5.05. The first-order chi connectivity index (χ1) is 8.67. The van der Waals surface area contributed by atoms with Gasteiger partial charge >= 0.3 is 0 Å². The average Bonchev–Trinajstić information content (AvgIpc) is 2.74. The third kappa shape index (κ3) is 2.35. The van der Waals surface area contributed by atoms with Crippen molar-refractivity contribution in [2.75, 3.05) is 11.4 Å². The predicted octanol–water partition coefficient (Wildman–Crippen LogP) is 2.93. The fourth-order valence-electron chi connectivity index (χ4n) is 2.74. The molecule has 1 unspecified atom stereocenters. The lowest BCUT2D eigenvalue weighted by Gasteiger charge is -2.31. The summed E-state index contributed by atoms with van der Waals surface area (Å²) in [6, 6.07) is 8.95.